The van der Waals surface area contributed by atoms with Crippen molar-refractivity contribution in [3.8, 4) is 0 Å². The van der Waals surface area contributed by atoms with Crippen LogP contribution in [-0.4, -0.2) is 9.97 Å². The molecule has 0 aliphatic carbocycles. The summed E-state index contributed by atoms with van der Waals surface area (Å²) in [6.45, 7) is 0. The zero-order valence-corrected chi connectivity index (χ0v) is 12.7. The Bertz CT molecular complexity index is 731. The van der Waals surface area contributed by atoms with E-state index in [1.165, 1.54) is 6.33 Å². The number of benzene rings is 2. The highest BCUT2D eigenvalue weighted by Crippen LogP contribution is 2.25. The molecule has 0 unspecified atom stereocenters. The van der Waals surface area contributed by atoms with Crippen LogP contribution in [0.2, 0.25) is 0 Å². The SMILES string of the molecule is Brc1ccccc1Nc1cc(Nc2ccccc2)ncn1. The summed E-state index contributed by atoms with van der Waals surface area (Å²) in [5.74, 6) is 1.47. The molecular formula is C16H13BrN4. The quantitative estimate of drug-likeness (QED) is 0.721. The molecule has 0 saturated heterocycles. The molecule has 4 nitrogen and oxygen atoms in total. The van der Waals surface area contributed by atoms with E-state index in [0.29, 0.717) is 0 Å². The third kappa shape index (κ3) is 3.58. The number of nitrogens with zero attached hydrogens (tertiary/aromatic N) is 2. The number of anilines is 4. The average molecular weight is 341 g/mol. The fourth-order valence-electron chi connectivity index (χ4n) is 1.86. The van der Waals surface area contributed by atoms with Crippen LogP contribution in [0, 0.1) is 0 Å². The zero-order valence-electron chi connectivity index (χ0n) is 11.1. The van der Waals surface area contributed by atoms with Crippen molar-refractivity contribution < 1.29 is 0 Å². The van der Waals surface area contributed by atoms with Gasteiger partial charge in [-0.1, -0.05) is 30.3 Å². The molecule has 3 aromatic rings. The van der Waals surface area contributed by atoms with Gasteiger partial charge in [0.25, 0.3) is 0 Å². The van der Waals surface area contributed by atoms with Crippen LogP contribution in [0.3, 0.4) is 0 Å². The van der Waals surface area contributed by atoms with Gasteiger partial charge in [-0.15, -0.1) is 0 Å². The Hall–Kier alpha value is -2.40. The Labute approximate surface area is 131 Å². The van der Waals surface area contributed by atoms with Crippen molar-refractivity contribution in [2.24, 2.45) is 0 Å². The molecule has 0 amide bonds. The number of hydrogen-bond donors (Lipinski definition) is 2. The van der Waals surface area contributed by atoms with Gasteiger partial charge in [0.1, 0.15) is 18.0 Å². The average Bonchev–Trinajstić information content (AvgIpc) is 2.51. The molecule has 1 heterocycles. The summed E-state index contributed by atoms with van der Waals surface area (Å²) >= 11 is 3.50. The van der Waals surface area contributed by atoms with E-state index in [1.54, 1.807) is 0 Å². The maximum atomic E-state index is 4.23. The van der Waals surface area contributed by atoms with E-state index < -0.39 is 0 Å². The molecule has 1 aromatic heterocycles. The van der Waals surface area contributed by atoms with Crippen LogP contribution in [0.25, 0.3) is 0 Å². The van der Waals surface area contributed by atoms with Crippen LogP contribution in [0.15, 0.2) is 71.5 Å². The smallest absolute Gasteiger partial charge is 0.135 e. The van der Waals surface area contributed by atoms with E-state index in [1.807, 2.05) is 60.7 Å². The van der Waals surface area contributed by atoms with E-state index in [2.05, 4.69) is 36.5 Å². The van der Waals surface area contributed by atoms with Gasteiger partial charge in [0.05, 0.1) is 5.69 Å². The summed E-state index contributed by atoms with van der Waals surface area (Å²) < 4.78 is 0.987. The lowest BCUT2D eigenvalue weighted by atomic mass is 10.3. The standard InChI is InChI=1S/C16H13BrN4/c17-13-8-4-5-9-14(13)21-16-10-15(18-11-19-16)20-12-6-2-1-3-7-12/h1-11H,(H2,18,19,20,21). The van der Waals surface area contributed by atoms with Crippen molar-refractivity contribution in [3.63, 3.8) is 0 Å². The zero-order chi connectivity index (χ0) is 14.5. The molecule has 0 spiro atoms. The lowest BCUT2D eigenvalue weighted by Gasteiger charge is -2.09. The summed E-state index contributed by atoms with van der Waals surface area (Å²) in [7, 11) is 0. The van der Waals surface area contributed by atoms with Gasteiger partial charge < -0.3 is 10.6 Å². The van der Waals surface area contributed by atoms with Gasteiger partial charge in [0.2, 0.25) is 0 Å². The minimum atomic E-state index is 0.732. The molecule has 21 heavy (non-hydrogen) atoms. The van der Waals surface area contributed by atoms with Crippen molar-refractivity contribution in [3.05, 3.63) is 71.5 Å². The molecule has 104 valence electrons. The lowest BCUT2D eigenvalue weighted by Crippen LogP contribution is -1.98. The summed E-state index contributed by atoms with van der Waals surface area (Å²) in [6.07, 6.45) is 1.53. The molecule has 0 radical (unpaired) electrons. The van der Waals surface area contributed by atoms with Crippen LogP contribution >= 0.6 is 15.9 Å². The first-order valence-corrected chi connectivity index (χ1v) is 7.26. The molecule has 5 heteroatoms. The van der Waals surface area contributed by atoms with Gasteiger partial charge >= 0.3 is 0 Å². The summed E-state index contributed by atoms with van der Waals surface area (Å²) in [6, 6.07) is 19.7. The molecule has 2 aromatic carbocycles. The van der Waals surface area contributed by atoms with Crippen LogP contribution in [-0.2, 0) is 0 Å². The second-order valence-corrected chi connectivity index (χ2v) is 5.24. The second kappa shape index (κ2) is 6.37. The molecule has 3 rings (SSSR count). The lowest BCUT2D eigenvalue weighted by molar-refractivity contribution is 1.17. The van der Waals surface area contributed by atoms with Crippen molar-refractivity contribution in [1.29, 1.82) is 0 Å². The number of nitrogens with one attached hydrogen (secondary N) is 2. The predicted molar refractivity (Wildman–Crippen MR) is 89.2 cm³/mol. The molecule has 0 aliphatic heterocycles. The van der Waals surface area contributed by atoms with Crippen LogP contribution in [0.5, 0.6) is 0 Å². The van der Waals surface area contributed by atoms with Gasteiger partial charge in [0.15, 0.2) is 0 Å². The van der Waals surface area contributed by atoms with Gasteiger partial charge in [-0.25, -0.2) is 9.97 Å². The molecule has 0 saturated carbocycles. The Morgan fingerprint density at radius 3 is 2.19 bits per heavy atom. The molecule has 0 fully saturated rings. The number of hydrogen-bond acceptors (Lipinski definition) is 4. The monoisotopic (exact) mass is 340 g/mol. The minimum absolute atomic E-state index is 0.732. The molecule has 2 N–H and O–H groups in total. The Morgan fingerprint density at radius 1 is 0.762 bits per heavy atom. The van der Waals surface area contributed by atoms with E-state index in [-0.39, 0.29) is 0 Å². The maximum absolute atomic E-state index is 4.23. The normalized spacial score (nSPS) is 10.1. The first kappa shape index (κ1) is 13.6. The molecular weight excluding hydrogens is 328 g/mol. The second-order valence-electron chi connectivity index (χ2n) is 4.38. The number of halogens is 1. The molecule has 0 bridgehead atoms. The van der Waals surface area contributed by atoms with Crippen molar-refractivity contribution in [2.45, 2.75) is 0 Å². The highest BCUT2D eigenvalue weighted by Gasteiger charge is 2.02. The Kier molecular flexibility index (Phi) is 4.12. The van der Waals surface area contributed by atoms with Gasteiger partial charge in [-0.05, 0) is 40.2 Å². The number of aromatic nitrogens is 2. The summed E-state index contributed by atoms with van der Waals surface area (Å²) in [5.41, 5.74) is 1.95. The molecule has 0 aliphatic rings. The highest BCUT2D eigenvalue weighted by atomic mass is 79.9. The van der Waals surface area contributed by atoms with Crippen LogP contribution in [0.1, 0.15) is 0 Å². The van der Waals surface area contributed by atoms with E-state index in [0.717, 1.165) is 27.5 Å². The van der Waals surface area contributed by atoms with Crippen LogP contribution < -0.4 is 10.6 Å². The third-order valence-corrected chi connectivity index (χ3v) is 3.54. The fraction of sp³-hybridized carbons (Fsp3) is 0. The minimum Gasteiger partial charge on any atom is -0.340 e. The van der Waals surface area contributed by atoms with Crippen molar-refractivity contribution >= 4 is 38.9 Å². The Morgan fingerprint density at radius 2 is 1.43 bits per heavy atom. The summed E-state index contributed by atoms with van der Waals surface area (Å²) in [5, 5.41) is 6.50. The predicted octanol–water partition coefficient (Wildman–Crippen LogP) is 4.73. The molecule has 0 atom stereocenters. The first-order chi connectivity index (χ1) is 10.3. The van der Waals surface area contributed by atoms with E-state index in [9.17, 15) is 0 Å². The Balaban J connectivity index is 1.79. The van der Waals surface area contributed by atoms with E-state index >= 15 is 0 Å². The summed E-state index contributed by atoms with van der Waals surface area (Å²) in [4.78, 5) is 8.46. The number of rotatable bonds is 4. The fourth-order valence-corrected chi connectivity index (χ4v) is 2.25. The number of para-hydroxylation sites is 2. The maximum Gasteiger partial charge on any atom is 0.135 e. The topological polar surface area (TPSA) is 49.8 Å². The van der Waals surface area contributed by atoms with Crippen molar-refractivity contribution in [1.82, 2.24) is 9.97 Å². The van der Waals surface area contributed by atoms with E-state index in [4.69, 9.17) is 0 Å². The first-order valence-electron chi connectivity index (χ1n) is 6.47. The van der Waals surface area contributed by atoms with Gasteiger partial charge in [-0.2, -0.15) is 0 Å². The van der Waals surface area contributed by atoms with Crippen LogP contribution in [0.4, 0.5) is 23.0 Å². The van der Waals surface area contributed by atoms with Gasteiger partial charge in [0, 0.05) is 16.2 Å². The third-order valence-electron chi connectivity index (χ3n) is 2.85. The van der Waals surface area contributed by atoms with Crippen molar-refractivity contribution in [2.75, 3.05) is 10.6 Å². The largest absolute Gasteiger partial charge is 0.340 e. The highest BCUT2D eigenvalue weighted by molar-refractivity contribution is 9.10. The van der Waals surface area contributed by atoms with Gasteiger partial charge in [-0.3, -0.25) is 0 Å².